The lowest BCUT2D eigenvalue weighted by Gasteiger charge is -2.23. The van der Waals surface area contributed by atoms with Crippen LogP contribution in [-0.2, 0) is 6.54 Å². The Hall–Kier alpha value is -1.62. The molecule has 1 aliphatic carbocycles. The maximum atomic E-state index is 11.1. The van der Waals surface area contributed by atoms with Gasteiger partial charge < -0.3 is 5.32 Å². The van der Waals surface area contributed by atoms with Crippen molar-refractivity contribution in [2.24, 2.45) is 5.92 Å². The van der Waals surface area contributed by atoms with E-state index in [9.17, 15) is 10.1 Å². The molecule has 21 heavy (non-hydrogen) atoms. The molecular formula is C16H25N3O2. The highest BCUT2D eigenvalue weighted by molar-refractivity contribution is 5.62. The number of anilines is 1. The Kier molecular flexibility index (Phi) is 5.17. The van der Waals surface area contributed by atoms with Crippen LogP contribution in [0.5, 0.6) is 0 Å². The third-order valence-corrected chi connectivity index (χ3v) is 3.97. The van der Waals surface area contributed by atoms with Crippen molar-refractivity contribution >= 4 is 11.4 Å². The quantitative estimate of drug-likeness (QED) is 0.586. The summed E-state index contributed by atoms with van der Waals surface area (Å²) in [7, 11) is 1.71. The van der Waals surface area contributed by atoms with E-state index in [2.05, 4.69) is 24.1 Å². The van der Waals surface area contributed by atoms with Gasteiger partial charge in [-0.05, 0) is 43.4 Å². The van der Waals surface area contributed by atoms with Gasteiger partial charge in [-0.25, -0.2) is 0 Å². The minimum Gasteiger partial charge on any atom is -0.383 e. The van der Waals surface area contributed by atoms with Gasteiger partial charge in [0.15, 0.2) is 0 Å². The molecule has 0 bridgehead atoms. The molecule has 0 amide bonds. The molecule has 1 aromatic carbocycles. The van der Waals surface area contributed by atoms with E-state index in [0.717, 1.165) is 18.7 Å². The number of nitro groups is 1. The highest BCUT2D eigenvalue weighted by Gasteiger charge is 2.29. The molecule has 5 heteroatoms. The molecule has 0 unspecified atom stereocenters. The summed E-state index contributed by atoms with van der Waals surface area (Å²) in [6, 6.07) is 6.17. The average Bonchev–Trinajstić information content (AvgIpc) is 3.27. The lowest BCUT2D eigenvalue weighted by molar-refractivity contribution is -0.384. The standard InChI is InChI=1S/C16H25N3O2/c1-12(2)8-9-18(14-5-6-14)11-13-4-7-15(17-3)16(10-13)19(20)21/h4,7,10,12,14,17H,5-6,8-9,11H2,1-3H3. The van der Waals surface area contributed by atoms with E-state index in [0.29, 0.717) is 17.6 Å². The Labute approximate surface area is 126 Å². The minimum atomic E-state index is -0.315. The molecule has 0 spiro atoms. The van der Waals surface area contributed by atoms with Gasteiger partial charge in [-0.3, -0.25) is 15.0 Å². The summed E-state index contributed by atoms with van der Waals surface area (Å²) in [5.41, 5.74) is 1.76. The molecule has 0 heterocycles. The minimum absolute atomic E-state index is 0.162. The molecule has 0 atom stereocenters. The van der Waals surface area contributed by atoms with Crippen molar-refractivity contribution in [3.63, 3.8) is 0 Å². The number of nitrogens with zero attached hydrogens (tertiary/aromatic N) is 2. The predicted molar refractivity (Wildman–Crippen MR) is 85.5 cm³/mol. The number of hydrogen-bond donors (Lipinski definition) is 1. The first-order valence-corrected chi connectivity index (χ1v) is 7.70. The molecule has 1 N–H and O–H groups in total. The number of nitro benzene ring substituents is 1. The highest BCUT2D eigenvalue weighted by Crippen LogP contribution is 2.31. The van der Waals surface area contributed by atoms with Crippen LogP contribution in [0.2, 0.25) is 0 Å². The SMILES string of the molecule is CNc1ccc(CN(CCC(C)C)C2CC2)cc1[N+](=O)[O-]. The van der Waals surface area contributed by atoms with Crippen LogP contribution in [0, 0.1) is 16.0 Å². The molecule has 1 aromatic rings. The summed E-state index contributed by atoms with van der Waals surface area (Å²) in [6.45, 7) is 6.35. The van der Waals surface area contributed by atoms with Gasteiger partial charge >= 0.3 is 0 Å². The number of rotatable bonds is 8. The fourth-order valence-corrected chi connectivity index (χ4v) is 2.53. The van der Waals surface area contributed by atoms with Gasteiger partial charge in [0, 0.05) is 25.7 Å². The fourth-order valence-electron chi connectivity index (χ4n) is 2.53. The van der Waals surface area contributed by atoms with Crippen LogP contribution < -0.4 is 5.32 Å². The summed E-state index contributed by atoms with van der Waals surface area (Å²) >= 11 is 0. The van der Waals surface area contributed by atoms with E-state index in [4.69, 9.17) is 0 Å². The van der Waals surface area contributed by atoms with E-state index in [1.54, 1.807) is 19.2 Å². The normalized spacial score (nSPS) is 14.7. The van der Waals surface area contributed by atoms with E-state index in [1.165, 1.54) is 19.3 Å². The van der Waals surface area contributed by atoms with Crippen LogP contribution in [0.15, 0.2) is 18.2 Å². The molecule has 1 saturated carbocycles. The monoisotopic (exact) mass is 291 g/mol. The van der Waals surface area contributed by atoms with Crippen molar-refractivity contribution in [1.82, 2.24) is 4.90 Å². The third kappa shape index (κ3) is 4.43. The second-order valence-electron chi connectivity index (χ2n) is 6.24. The zero-order valence-electron chi connectivity index (χ0n) is 13.1. The highest BCUT2D eigenvalue weighted by atomic mass is 16.6. The largest absolute Gasteiger partial charge is 0.383 e. The summed E-state index contributed by atoms with van der Waals surface area (Å²) in [5.74, 6) is 0.687. The van der Waals surface area contributed by atoms with Crippen molar-refractivity contribution in [1.29, 1.82) is 0 Å². The molecule has 1 fully saturated rings. The summed E-state index contributed by atoms with van der Waals surface area (Å²) < 4.78 is 0. The van der Waals surface area contributed by atoms with Crippen LogP contribution in [0.4, 0.5) is 11.4 Å². The molecular weight excluding hydrogens is 266 g/mol. The van der Waals surface area contributed by atoms with Crippen LogP contribution in [0.1, 0.15) is 38.7 Å². The van der Waals surface area contributed by atoms with E-state index in [1.807, 2.05) is 6.07 Å². The Morgan fingerprint density at radius 3 is 2.67 bits per heavy atom. The fraction of sp³-hybridized carbons (Fsp3) is 0.625. The van der Waals surface area contributed by atoms with Crippen molar-refractivity contribution in [3.05, 3.63) is 33.9 Å². The number of benzene rings is 1. The van der Waals surface area contributed by atoms with Crippen LogP contribution in [0.3, 0.4) is 0 Å². The maximum absolute atomic E-state index is 11.1. The summed E-state index contributed by atoms with van der Waals surface area (Å²) in [4.78, 5) is 13.3. The van der Waals surface area contributed by atoms with Gasteiger partial charge in [0.2, 0.25) is 0 Å². The lowest BCUT2D eigenvalue weighted by Crippen LogP contribution is -2.27. The molecule has 116 valence electrons. The molecule has 0 aromatic heterocycles. The second kappa shape index (κ2) is 6.89. The Balaban J connectivity index is 2.09. The average molecular weight is 291 g/mol. The lowest BCUT2D eigenvalue weighted by atomic mass is 10.1. The molecule has 1 aliphatic rings. The van der Waals surface area contributed by atoms with E-state index in [-0.39, 0.29) is 10.6 Å². The van der Waals surface area contributed by atoms with Gasteiger partial charge in [-0.15, -0.1) is 0 Å². The summed E-state index contributed by atoms with van der Waals surface area (Å²) in [5, 5.41) is 14.0. The first-order chi connectivity index (χ1) is 10.0. The van der Waals surface area contributed by atoms with Gasteiger partial charge in [0.1, 0.15) is 5.69 Å². The second-order valence-corrected chi connectivity index (χ2v) is 6.24. The molecule has 0 aliphatic heterocycles. The van der Waals surface area contributed by atoms with Crippen LogP contribution in [-0.4, -0.2) is 29.5 Å². The summed E-state index contributed by atoms with van der Waals surface area (Å²) in [6.07, 6.45) is 3.69. The molecule has 5 nitrogen and oxygen atoms in total. The number of hydrogen-bond acceptors (Lipinski definition) is 4. The van der Waals surface area contributed by atoms with Gasteiger partial charge in [-0.2, -0.15) is 0 Å². The van der Waals surface area contributed by atoms with Crippen molar-refractivity contribution in [2.45, 2.75) is 45.7 Å². The van der Waals surface area contributed by atoms with E-state index < -0.39 is 0 Å². The Morgan fingerprint density at radius 2 is 2.14 bits per heavy atom. The first-order valence-electron chi connectivity index (χ1n) is 7.70. The van der Waals surface area contributed by atoms with Crippen LogP contribution >= 0.6 is 0 Å². The molecule has 2 rings (SSSR count). The third-order valence-electron chi connectivity index (χ3n) is 3.97. The topological polar surface area (TPSA) is 58.4 Å². The molecule has 0 saturated heterocycles. The Bertz CT molecular complexity index is 498. The first kappa shape index (κ1) is 15.8. The zero-order valence-corrected chi connectivity index (χ0v) is 13.1. The van der Waals surface area contributed by atoms with E-state index >= 15 is 0 Å². The van der Waals surface area contributed by atoms with Crippen LogP contribution in [0.25, 0.3) is 0 Å². The van der Waals surface area contributed by atoms with Crippen molar-refractivity contribution < 1.29 is 4.92 Å². The van der Waals surface area contributed by atoms with Gasteiger partial charge in [0.05, 0.1) is 4.92 Å². The van der Waals surface area contributed by atoms with Gasteiger partial charge in [-0.1, -0.05) is 19.9 Å². The molecule has 0 radical (unpaired) electrons. The zero-order chi connectivity index (χ0) is 15.4. The number of nitrogens with one attached hydrogen (secondary N) is 1. The smallest absolute Gasteiger partial charge is 0.292 e. The van der Waals surface area contributed by atoms with Crippen molar-refractivity contribution in [3.8, 4) is 0 Å². The predicted octanol–water partition coefficient (Wildman–Crippen LogP) is 3.65. The maximum Gasteiger partial charge on any atom is 0.292 e. The van der Waals surface area contributed by atoms with Gasteiger partial charge in [0.25, 0.3) is 5.69 Å². The Morgan fingerprint density at radius 1 is 1.43 bits per heavy atom. The van der Waals surface area contributed by atoms with Crippen molar-refractivity contribution in [2.75, 3.05) is 18.9 Å².